The minimum atomic E-state index is -0.367. The lowest BCUT2D eigenvalue weighted by Crippen LogP contribution is -1.93. The number of nitrogens with zero attached hydrogens (tertiary/aromatic N) is 3. The Balaban J connectivity index is 2.08. The van der Waals surface area contributed by atoms with E-state index >= 15 is 0 Å². The molecule has 0 unspecified atom stereocenters. The van der Waals surface area contributed by atoms with Gasteiger partial charge in [0.15, 0.2) is 5.16 Å². The van der Waals surface area contributed by atoms with Gasteiger partial charge in [-0.15, -0.1) is 10.2 Å². The number of hydrogen-bond acceptors (Lipinski definition) is 5. The van der Waals surface area contributed by atoms with Crippen LogP contribution >= 0.6 is 11.8 Å². The van der Waals surface area contributed by atoms with Crippen molar-refractivity contribution in [1.29, 1.82) is 0 Å². The Morgan fingerprint density at radius 3 is 2.83 bits per heavy atom. The predicted octanol–water partition coefficient (Wildman–Crippen LogP) is 2.57. The minimum absolute atomic E-state index is 0.139. The van der Waals surface area contributed by atoms with E-state index in [1.165, 1.54) is 17.8 Å². The van der Waals surface area contributed by atoms with Crippen LogP contribution < -0.4 is 0 Å². The zero-order valence-corrected chi connectivity index (χ0v) is 10.6. The van der Waals surface area contributed by atoms with Gasteiger partial charge in [-0.3, -0.25) is 10.1 Å². The van der Waals surface area contributed by atoms with E-state index in [-0.39, 0.29) is 10.6 Å². The summed E-state index contributed by atoms with van der Waals surface area (Å²) in [5.74, 6) is 1.32. The van der Waals surface area contributed by atoms with Gasteiger partial charge in [-0.05, 0) is 0 Å². The second-order valence-electron chi connectivity index (χ2n) is 3.60. The van der Waals surface area contributed by atoms with Gasteiger partial charge in [0, 0.05) is 23.8 Å². The number of hydrogen-bond donors (Lipinski definition) is 1. The van der Waals surface area contributed by atoms with Crippen molar-refractivity contribution in [2.45, 2.75) is 24.3 Å². The molecule has 1 aromatic heterocycles. The van der Waals surface area contributed by atoms with Crippen LogP contribution in [-0.4, -0.2) is 20.1 Å². The number of H-pyrrole nitrogens is 1. The molecule has 0 fully saturated rings. The van der Waals surface area contributed by atoms with Gasteiger partial charge < -0.3 is 4.98 Å². The monoisotopic (exact) mass is 264 g/mol. The van der Waals surface area contributed by atoms with Crippen molar-refractivity contribution < 1.29 is 4.92 Å². The van der Waals surface area contributed by atoms with Crippen LogP contribution in [0.15, 0.2) is 29.4 Å². The van der Waals surface area contributed by atoms with Crippen molar-refractivity contribution in [2.75, 3.05) is 0 Å². The fourth-order valence-corrected chi connectivity index (χ4v) is 2.29. The summed E-state index contributed by atoms with van der Waals surface area (Å²) in [4.78, 5) is 13.5. The Kier molecular flexibility index (Phi) is 3.93. The number of aromatic amines is 1. The van der Waals surface area contributed by atoms with Gasteiger partial charge in [0.05, 0.1) is 4.92 Å². The summed E-state index contributed by atoms with van der Waals surface area (Å²) >= 11 is 1.41. The molecule has 0 radical (unpaired) electrons. The SMILES string of the molecule is CCc1nnc(SCc2ccccc2[N+](=O)[O-])[nH]1. The predicted molar refractivity (Wildman–Crippen MR) is 68.4 cm³/mol. The number of benzene rings is 1. The molecule has 6 nitrogen and oxygen atoms in total. The average Bonchev–Trinajstić information content (AvgIpc) is 2.84. The number of thioether (sulfide) groups is 1. The lowest BCUT2D eigenvalue weighted by Gasteiger charge is -2.00. The number of nitro benzene ring substituents is 1. The van der Waals surface area contributed by atoms with Gasteiger partial charge in [0.2, 0.25) is 0 Å². The van der Waals surface area contributed by atoms with Crippen molar-refractivity contribution in [3.8, 4) is 0 Å². The summed E-state index contributed by atoms with van der Waals surface area (Å²) in [5.41, 5.74) is 0.821. The third-order valence-electron chi connectivity index (χ3n) is 2.40. The highest BCUT2D eigenvalue weighted by molar-refractivity contribution is 7.98. The highest BCUT2D eigenvalue weighted by Crippen LogP contribution is 2.25. The van der Waals surface area contributed by atoms with E-state index in [2.05, 4.69) is 15.2 Å². The number of aryl methyl sites for hydroxylation is 1. The summed E-state index contributed by atoms with van der Waals surface area (Å²) < 4.78 is 0. The zero-order valence-electron chi connectivity index (χ0n) is 9.79. The second-order valence-corrected chi connectivity index (χ2v) is 4.57. The average molecular weight is 264 g/mol. The molecular formula is C11H12N4O2S. The summed E-state index contributed by atoms with van der Waals surface area (Å²) in [6.07, 6.45) is 0.791. The highest BCUT2D eigenvalue weighted by atomic mass is 32.2. The van der Waals surface area contributed by atoms with Crippen LogP contribution in [0.25, 0.3) is 0 Å². The van der Waals surface area contributed by atoms with Crippen molar-refractivity contribution >= 4 is 17.4 Å². The smallest absolute Gasteiger partial charge is 0.273 e. The summed E-state index contributed by atoms with van der Waals surface area (Å²) in [6, 6.07) is 6.71. The van der Waals surface area contributed by atoms with Crippen molar-refractivity contribution in [3.63, 3.8) is 0 Å². The van der Waals surface area contributed by atoms with E-state index in [0.717, 1.165) is 12.2 Å². The first kappa shape index (κ1) is 12.6. The Bertz CT molecular complexity index is 555. The fourth-order valence-electron chi connectivity index (χ4n) is 1.46. The van der Waals surface area contributed by atoms with Gasteiger partial charge >= 0.3 is 0 Å². The number of nitro groups is 1. The van der Waals surface area contributed by atoms with E-state index in [1.807, 2.05) is 6.92 Å². The Morgan fingerprint density at radius 1 is 1.39 bits per heavy atom. The van der Waals surface area contributed by atoms with Gasteiger partial charge in [-0.2, -0.15) is 0 Å². The molecule has 1 N–H and O–H groups in total. The van der Waals surface area contributed by atoms with Crippen LogP contribution in [-0.2, 0) is 12.2 Å². The summed E-state index contributed by atoms with van der Waals surface area (Å²) in [5, 5.41) is 19.4. The quantitative estimate of drug-likeness (QED) is 0.509. The van der Waals surface area contributed by atoms with E-state index in [4.69, 9.17) is 0 Å². The molecule has 0 atom stereocenters. The molecule has 0 bridgehead atoms. The summed E-state index contributed by atoms with van der Waals surface area (Å²) in [6.45, 7) is 1.98. The van der Waals surface area contributed by atoms with E-state index in [9.17, 15) is 10.1 Å². The van der Waals surface area contributed by atoms with E-state index < -0.39 is 0 Å². The van der Waals surface area contributed by atoms with Crippen molar-refractivity contribution in [1.82, 2.24) is 15.2 Å². The molecule has 0 saturated carbocycles. The van der Waals surface area contributed by atoms with Crippen molar-refractivity contribution in [2.24, 2.45) is 0 Å². The lowest BCUT2D eigenvalue weighted by atomic mass is 10.2. The molecule has 1 heterocycles. The maximum atomic E-state index is 10.8. The Hall–Kier alpha value is -1.89. The molecule has 0 aliphatic rings. The molecule has 18 heavy (non-hydrogen) atoms. The third-order valence-corrected chi connectivity index (χ3v) is 3.31. The largest absolute Gasteiger partial charge is 0.320 e. The van der Waals surface area contributed by atoms with Gasteiger partial charge in [0.1, 0.15) is 5.82 Å². The Morgan fingerprint density at radius 2 is 2.17 bits per heavy atom. The van der Waals surface area contributed by atoms with Crippen molar-refractivity contribution in [3.05, 3.63) is 45.8 Å². The van der Waals surface area contributed by atoms with Gasteiger partial charge in [-0.25, -0.2) is 0 Å². The number of nitrogens with one attached hydrogen (secondary N) is 1. The third kappa shape index (κ3) is 2.86. The van der Waals surface area contributed by atoms with E-state index in [1.54, 1.807) is 18.2 Å². The molecule has 2 rings (SSSR count). The van der Waals surface area contributed by atoms with Crippen LogP contribution in [0.4, 0.5) is 5.69 Å². The van der Waals surface area contributed by atoms with E-state index in [0.29, 0.717) is 16.5 Å². The summed E-state index contributed by atoms with van der Waals surface area (Å²) in [7, 11) is 0. The van der Waals surface area contributed by atoms with Crippen LogP contribution in [0.1, 0.15) is 18.3 Å². The first-order valence-corrected chi connectivity index (χ1v) is 6.46. The molecular weight excluding hydrogens is 252 g/mol. The molecule has 2 aromatic rings. The molecule has 0 saturated heterocycles. The molecule has 1 aromatic carbocycles. The standard InChI is InChI=1S/C11H12N4O2S/c1-2-10-12-11(14-13-10)18-7-8-5-3-4-6-9(8)15(16)17/h3-6H,2,7H2,1H3,(H,12,13,14). The number of rotatable bonds is 5. The molecule has 94 valence electrons. The number of para-hydroxylation sites is 1. The maximum Gasteiger partial charge on any atom is 0.273 e. The number of aromatic nitrogens is 3. The molecule has 0 aliphatic carbocycles. The Labute approximate surface area is 108 Å². The highest BCUT2D eigenvalue weighted by Gasteiger charge is 2.13. The molecule has 0 spiro atoms. The first-order chi connectivity index (χ1) is 8.70. The molecule has 7 heteroatoms. The topological polar surface area (TPSA) is 84.7 Å². The van der Waals surface area contributed by atoms with Gasteiger partial charge in [-0.1, -0.05) is 36.9 Å². The molecule has 0 aliphatic heterocycles. The van der Waals surface area contributed by atoms with Crippen LogP contribution in [0, 0.1) is 10.1 Å². The first-order valence-electron chi connectivity index (χ1n) is 5.47. The fraction of sp³-hybridized carbons (Fsp3) is 0.273. The lowest BCUT2D eigenvalue weighted by molar-refractivity contribution is -0.385. The van der Waals surface area contributed by atoms with Crippen LogP contribution in [0.2, 0.25) is 0 Å². The minimum Gasteiger partial charge on any atom is -0.320 e. The normalized spacial score (nSPS) is 10.5. The second kappa shape index (κ2) is 5.63. The molecule has 0 amide bonds. The van der Waals surface area contributed by atoms with Crippen LogP contribution in [0.3, 0.4) is 0 Å². The van der Waals surface area contributed by atoms with Gasteiger partial charge in [0.25, 0.3) is 5.69 Å². The van der Waals surface area contributed by atoms with Crippen LogP contribution in [0.5, 0.6) is 0 Å². The zero-order chi connectivity index (χ0) is 13.0. The maximum absolute atomic E-state index is 10.8.